The van der Waals surface area contributed by atoms with Crippen LogP contribution in [0.25, 0.3) is 0 Å². The highest BCUT2D eigenvalue weighted by atomic mass is 16.6. The maximum atomic E-state index is 10.9. The van der Waals surface area contributed by atoms with E-state index < -0.39 is 16.3 Å². The van der Waals surface area contributed by atoms with E-state index in [0.717, 1.165) is 0 Å². The molecule has 14 heavy (non-hydrogen) atoms. The van der Waals surface area contributed by atoms with Crippen LogP contribution in [-0.2, 0) is 4.79 Å². The maximum absolute atomic E-state index is 10.9. The minimum absolute atomic E-state index is 0.110. The topological polar surface area (TPSA) is 80.4 Å². The highest BCUT2D eigenvalue weighted by Gasteiger charge is 2.36. The van der Waals surface area contributed by atoms with Crippen LogP contribution >= 0.6 is 0 Å². The first kappa shape index (κ1) is 10.4. The highest BCUT2D eigenvalue weighted by molar-refractivity contribution is 5.77. The van der Waals surface area contributed by atoms with E-state index in [4.69, 9.17) is 5.11 Å². The molecule has 0 saturated carbocycles. The average molecular weight is 197 g/mol. The van der Waals surface area contributed by atoms with Crippen molar-refractivity contribution < 1.29 is 14.8 Å². The van der Waals surface area contributed by atoms with Crippen LogP contribution in [0, 0.1) is 15.5 Å². The van der Waals surface area contributed by atoms with E-state index in [2.05, 4.69) is 0 Å². The second-order valence-electron chi connectivity index (χ2n) is 3.60. The lowest BCUT2D eigenvalue weighted by molar-refractivity contribution is -0.421. The summed E-state index contributed by atoms with van der Waals surface area (Å²) in [5.74, 6) is -1.04. The van der Waals surface area contributed by atoms with E-state index in [9.17, 15) is 14.9 Å². The van der Waals surface area contributed by atoms with Gasteiger partial charge in [0.2, 0.25) is 0 Å². The Labute approximate surface area is 80.9 Å². The molecule has 1 unspecified atom stereocenters. The predicted molar refractivity (Wildman–Crippen MR) is 49.2 cm³/mol. The third-order valence-corrected chi connectivity index (χ3v) is 2.38. The van der Waals surface area contributed by atoms with Crippen molar-refractivity contribution in [3.05, 3.63) is 33.5 Å². The Hall–Kier alpha value is -1.65. The summed E-state index contributed by atoms with van der Waals surface area (Å²) in [5.41, 5.74) is -0.739. The zero-order valence-corrected chi connectivity index (χ0v) is 7.98. The lowest BCUT2D eigenvalue weighted by Crippen LogP contribution is -2.28. The molecule has 0 saturated heterocycles. The van der Waals surface area contributed by atoms with Gasteiger partial charge in [0.25, 0.3) is 5.70 Å². The van der Waals surface area contributed by atoms with Gasteiger partial charge in [-0.15, -0.1) is 0 Å². The van der Waals surface area contributed by atoms with E-state index >= 15 is 0 Å². The van der Waals surface area contributed by atoms with Crippen LogP contribution in [0.3, 0.4) is 0 Å². The van der Waals surface area contributed by atoms with E-state index in [0.29, 0.717) is 12.0 Å². The average Bonchev–Trinajstić information content (AvgIpc) is 2.09. The Kier molecular flexibility index (Phi) is 2.42. The minimum atomic E-state index is -1.15. The van der Waals surface area contributed by atoms with Gasteiger partial charge in [-0.25, -0.2) is 0 Å². The van der Waals surface area contributed by atoms with Crippen molar-refractivity contribution in [1.29, 1.82) is 0 Å². The lowest BCUT2D eigenvalue weighted by Gasteiger charge is -2.22. The van der Waals surface area contributed by atoms with Gasteiger partial charge in [0.1, 0.15) is 0 Å². The highest BCUT2D eigenvalue weighted by Crippen LogP contribution is 2.33. The number of carbonyl (C=O) groups is 1. The Morgan fingerprint density at radius 1 is 1.71 bits per heavy atom. The minimum Gasteiger partial charge on any atom is -0.481 e. The molecule has 1 N–H and O–H groups in total. The molecular formula is C9H11NO4. The van der Waals surface area contributed by atoms with E-state index in [1.807, 2.05) is 0 Å². The Balaban J connectivity index is 3.13. The van der Waals surface area contributed by atoms with Gasteiger partial charge in [0.15, 0.2) is 0 Å². The summed E-state index contributed by atoms with van der Waals surface area (Å²) in [6, 6.07) is 0. The maximum Gasteiger partial charge on any atom is 0.313 e. The summed E-state index contributed by atoms with van der Waals surface area (Å²) in [6.07, 6.45) is 3.10. The van der Waals surface area contributed by atoms with Crippen LogP contribution in [0.5, 0.6) is 0 Å². The molecule has 0 amide bonds. The van der Waals surface area contributed by atoms with Gasteiger partial charge < -0.3 is 5.11 Å². The van der Waals surface area contributed by atoms with Gasteiger partial charge in [0.05, 0.1) is 10.3 Å². The summed E-state index contributed by atoms with van der Waals surface area (Å²) in [4.78, 5) is 20.9. The molecule has 1 aliphatic rings. The summed E-state index contributed by atoms with van der Waals surface area (Å²) < 4.78 is 0. The van der Waals surface area contributed by atoms with Crippen molar-refractivity contribution in [2.75, 3.05) is 0 Å². The molecule has 0 radical (unpaired) electrons. The van der Waals surface area contributed by atoms with Crippen molar-refractivity contribution in [3.8, 4) is 0 Å². The largest absolute Gasteiger partial charge is 0.481 e. The van der Waals surface area contributed by atoms with Crippen LogP contribution in [0.1, 0.15) is 20.3 Å². The fourth-order valence-electron chi connectivity index (χ4n) is 1.29. The quantitative estimate of drug-likeness (QED) is 0.538. The third kappa shape index (κ3) is 1.66. The van der Waals surface area contributed by atoms with Crippen LogP contribution in [0.4, 0.5) is 0 Å². The molecule has 0 aromatic carbocycles. The van der Waals surface area contributed by atoms with Gasteiger partial charge in [0, 0.05) is 11.6 Å². The molecule has 0 aromatic rings. The summed E-state index contributed by atoms with van der Waals surface area (Å²) in [5, 5.41) is 19.5. The SMILES string of the molecule is CC1=CCC(C)(C(=O)O)C=C1[N+](=O)[O-]. The number of carboxylic acid groups (broad SMARTS) is 1. The first-order valence-corrected chi connectivity index (χ1v) is 4.14. The van der Waals surface area contributed by atoms with Crippen LogP contribution < -0.4 is 0 Å². The first-order chi connectivity index (χ1) is 6.37. The molecule has 5 nitrogen and oxygen atoms in total. The zero-order chi connectivity index (χ0) is 10.9. The fraction of sp³-hybridized carbons (Fsp3) is 0.444. The van der Waals surface area contributed by atoms with Crippen LogP contribution in [-0.4, -0.2) is 16.0 Å². The molecule has 1 aliphatic carbocycles. The van der Waals surface area contributed by atoms with Crippen LogP contribution in [0.15, 0.2) is 23.4 Å². The van der Waals surface area contributed by atoms with Crippen molar-refractivity contribution >= 4 is 5.97 Å². The molecular weight excluding hydrogens is 186 g/mol. The normalized spacial score (nSPS) is 26.4. The number of allylic oxidation sites excluding steroid dienone is 2. The monoisotopic (exact) mass is 197 g/mol. The summed E-state index contributed by atoms with van der Waals surface area (Å²) >= 11 is 0. The fourth-order valence-corrected chi connectivity index (χ4v) is 1.29. The summed E-state index contributed by atoms with van der Waals surface area (Å²) in [6.45, 7) is 3.08. The van der Waals surface area contributed by atoms with Crippen molar-refractivity contribution in [2.24, 2.45) is 5.41 Å². The number of rotatable bonds is 2. The molecule has 5 heteroatoms. The molecule has 76 valence electrons. The number of aliphatic carboxylic acids is 1. The molecule has 0 aromatic heterocycles. The van der Waals surface area contributed by atoms with Crippen LogP contribution in [0.2, 0.25) is 0 Å². The van der Waals surface area contributed by atoms with E-state index in [1.54, 1.807) is 13.0 Å². The van der Waals surface area contributed by atoms with E-state index in [1.165, 1.54) is 13.0 Å². The van der Waals surface area contributed by atoms with Gasteiger partial charge in [-0.3, -0.25) is 14.9 Å². The predicted octanol–water partition coefficient (Wildman–Crippen LogP) is 1.59. The van der Waals surface area contributed by atoms with Gasteiger partial charge in [-0.05, 0) is 20.3 Å². The Bertz CT molecular complexity index is 356. The lowest BCUT2D eigenvalue weighted by atomic mass is 9.81. The molecule has 0 aliphatic heterocycles. The van der Waals surface area contributed by atoms with Crippen molar-refractivity contribution in [1.82, 2.24) is 0 Å². The van der Waals surface area contributed by atoms with Crippen molar-refractivity contribution in [3.63, 3.8) is 0 Å². The molecule has 1 atom stereocenters. The second-order valence-corrected chi connectivity index (χ2v) is 3.60. The molecule has 1 rings (SSSR count). The van der Waals surface area contributed by atoms with E-state index in [-0.39, 0.29) is 5.70 Å². The number of hydrogen-bond donors (Lipinski definition) is 1. The number of nitrogens with zero attached hydrogens (tertiary/aromatic N) is 1. The third-order valence-electron chi connectivity index (χ3n) is 2.38. The van der Waals surface area contributed by atoms with Gasteiger partial charge in [-0.2, -0.15) is 0 Å². The smallest absolute Gasteiger partial charge is 0.313 e. The molecule has 0 bridgehead atoms. The Morgan fingerprint density at radius 3 is 2.71 bits per heavy atom. The van der Waals surface area contributed by atoms with Gasteiger partial charge in [-0.1, -0.05) is 6.08 Å². The molecule has 0 fully saturated rings. The number of carboxylic acids is 1. The van der Waals surface area contributed by atoms with Crippen molar-refractivity contribution in [2.45, 2.75) is 20.3 Å². The Morgan fingerprint density at radius 2 is 2.29 bits per heavy atom. The zero-order valence-electron chi connectivity index (χ0n) is 7.98. The first-order valence-electron chi connectivity index (χ1n) is 4.14. The number of nitro groups is 1. The molecule has 0 heterocycles. The number of hydrogen-bond acceptors (Lipinski definition) is 3. The second kappa shape index (κ2) is 3.25. The summed E-state index contributed by atoms with van der Waals surface area (Å²) in [7, 11) is 0. The standard InChI is InChI=1S/C9H11NO4/c1-6-3-4-9(2,8(11)12)5-7(6)10(13)14/h3,5H,4H2,1-2H3,(H,11,12). The van der Waals surface area contributed by atoms with Gasteiger partial charge >= 0.3 is 5.97 Å². The molecule has 0 spiro atoms.